The molecule has 0 bridgehead atoms. The van der Waals surface area contributed by atoms with Gasteiger partial charge in [0.05, 0.1) is 6.10 Å². The highest BCUT2D eigenvalue weighted by molar-refractivity contribution is 9.10. The maximum absolute atomic E-state index is 11.6. The van der Waals surface area contributed by atoms with Gasteiger partial charge in [-0.15, -0.1) is 0 Å². The predicted molar refractivity (Wildman–Crippen MR) is 92.2 cm³/mol. The number of amides is 1. The Labute approximate surface area is 148 Å². The minimum atomic E-state index is -1.09. The standard InChI is InChI=1S/C17H19BrN2O4/c18-16-13(7-4-9-19-16)15(22)14(21)8-10-20-17(23)24-11-12-5-2-1-3-6-12/h1-7,9,14-15,21-22H,8,10-11H2,(H,20,23). The molecule has 1 aromatic heterocycles. The number of hydrogen-bond donors (Lipinski definition) is 3. The van der Waals surface area contributed by atoms with Crippen LogP contribution in [0.5, 0.6) is 0 Å². The zero-order valence-electron chi connectivity index (χ0n) is 12.9. The van der Waals surface area contributed by atoms with Gasteiger partial charge in [-0.1, -0.05) is 36.4 Å². The normalized spacial score (nSPS) is 13.1. The Kier molecular flexibility index (Phi) is 7.17. The van der Waals surface area contributed by atoms with E-state index in [2.05, 4.69) is 26.2 Å². The first kappa shape index (κ1) is 18.4. The summed E-state index contributed by atoms with van der Waals surface area (Å²) in [6.45, 7) is 0.365. The number of aromatic nitrogens is 1. The van der Waals surface area contributed by atoms with E-state index in [9.17, 15) is 15.0 Å². The van der Waals surface area contributed by atoms with Crippen LogP contribution in [0.25, 0.3) is 0 Å². The quantitative estimate of drug-likeness (QED) is 0.627. The van der Waals surface area contributed by atoms with Crippen LogP contribution < -0.4 is 5.32 Å². The molecule has 24 heavy (non-hydrogen) atoms. The first-order valence-corrected chi connectivity index (χ1v) is 8.28. The van der Waals surface area contributed by atoms with E-state index < -0.39 is 18.3 Å². The van der Waals surface area contributed by atoms with Crippen molar-refractivity contribution in [1.29, 1.82) is 0 Å². The maximum atomic E-state index is 11.6. The van der Waals surface area contributed by atoms with Crippen LogP contribution in [0.2, 0.25) is 0 Å². The topological polar surface area (TPSA) is 91.7 Å². The van der Waals surface area contributed by atoms with Crippen molar-refractivity contribution in [2.45, 2.75) is 25.2 Å². The lowest BCUT2D eigenvalue weighted by atomic mass is 10.0. The summed E-state index contributed by atoms with van der Waals surface area (Å²) in [5.74, 6) is 0. The van der Waals surface area contributed by atoms with Gasteiger partial charge >= 0.3 is 6.09 Å². The van der Waals surface area contributed by atoms with E-state index in [1.54, 1.807) is 18.3 Å². The van der Waals surface area contributed by atoms with Crippen LogP contribution in [-0.4, -0.2) is 33.9 Å². The Bertz CT molecular complexity index is 654. The van der Waals surface area contributed by atoms with Gasteiger partial charge < -0.3 is 20.3 Å². The maximum Gasteiger partial charge on any atom is 0.407 e. The number of nitrogens with zero attached hydrogens (tertiary/aromatic N) is 1. The molecule has 1 aromatic carbocycles. The van der Waals surface area contributed by atoms with Gasteiger partial charge in [0, 0.05) is 18.3 Å². The van der Waals surface area contributed by atoms with Crippen molar-refractivity contribution in [2.75, 3.05) is 6.54 Å². The summed E-state index contributed by atoms with van der Waals surface area (Å²) in [6, 6.07) is 12.7. The van der Waals surface area contributed by atoms with Gasteiger partial charge in [0.25, 0.3) is 0 Å². The summed E-state index contributed by atoms with van der Waals surface area (Å²) in [4.78, 5) is 15.6. The number of aliphatic hydroxyl groups is 2. The van der Waals surface area contributed by atoms with Gasteiger partial charge in [-0.3, -0.25) is 0 Å². The number of ether oxygens (including phenoxy) is 1. The molecule has 7 heteroatoms. The smallest absolute Gasteiger partial charge is 0.407 e. The molecule has 0 aliphatic carbocycles. The fourth-order valence-electron chi connectivity index (χ4n) is 2.08. The number of halogens is 1. The zero-order chi connectivity index (χ0) is 17.4. The highest BCUT2D eigenvalue weighted by Crippen LogP contribution is 2.24. The zero-order valence-corrected chi connectivity index (χ0v) is 14.5. The van der Waals surface area contributed by atoms with E-state index in [0.717, 1.165) is 5.56 Å². The number of hydrogen-bond acceptors (Lipinski definition) is 5. The van der Waals surface area contributed by atoms with E-state index in [0.29, 0.717) is 10.2 Å². The molecule has 0 aliphatic rings. The van der Waals surface area contributed by atoms with Crippen molar-refractivity contribution in [3.8, 4) is 0 Å². The van der Waals surface area contributed by atoms with Crippen LogP contribution in [0.3, 0.4) is 0 Å². The number of aliphatic hydroxyl groups excluding tert-OH is 2. The molecule has 0 fully saturated rings. The summed E-state index contributed by atoms with van der Waals surface area (Å²) < 4.78 is 5.54. The number of pyridine rings is 1. The summed E-state index contributed by atoms with van der Waals surface area (Å²) in [5.41, 5.74) is 1.39. The van der Waals surface area contributed by atoms with Crippen LogP contribution in [0.15, 0.2) is 53.3 Å². The number of alkyl carbamates (subject to hydrolysis) is 1. The Morgan fingerprint density at radius 3 is 2.67 bits per heavy atom. The minimum Gasteiger partial charge on any atom is -0.445 e. The fourth-order valence-corrected chi connectivity index (χ4v) is 2.57. The fraction of sp³-hybridized carbons (Fsp3) is 0.294. The third-order valence-electron chi connectivity index (χ3n) is 3.39. The first-order chi connectivity index (χ1) is 11.6. The number of benzene rings is 1. The Morgan fingerprint density at radius 1 is 1.21 bits per heavy atom. The van der Waals surface area contributed by atoms with E-state index >= 15 is 0 Å². The van der Waals surface area contributed by atoms with Crippen molar-refractivity contribution < 1.29 is 19.7 Å². The lowest BCUT2D eigenvalue weighted by molar-refractivity contribution is 0.0130. The van der Waals surface area contributed by atoms with Crippen LogP contribution in [0.1, 0.15) is 23.7 Å². The molecule has 3 N–H and O–H groups in total. The van der Waals surface area contributed by atoms with E-state index in [-0.39, 0.29) is 19.6 Å². The lowest BCUT2D eigenvalue weighted by Crippen LogP contribution is -2.29. The highest BCUT2D eigenvalue weighted by atomic mass is 79.9. The predicted octanol–water partition coefficient (Wildman–Crippen LogP) is 2.55. The molecule has 0 radical (unpaired) electrons. The summed E-state index contributed by atoms with van der Waals surface area (Å²) in [6.07, 6.45) is -0.918. The number of carbonyl (C=O) groups is 1. The monoisotopic (exact) mass is 394 g/mol. The second kappa shape index (κ2) is 9.36. The van der Waals surface area contributed by atoms with Crippen LogP contribution in [-0.2, 0) is 11.3 Å². The van der Waals surface area contributed by atoms with Crippen LogP contribution >= 0.6 is 15.9 Å². The summed E-state index contributed by atoms with van der Waals surface area (Å²) >= 11 is 3.23. The molecule has 2 atom stereocenters. The number of carbonyl (C=O) groups excluding carboxylic acids is 1. The van der Waals surface area contributed by atoms with Gasteiger partial charge in [-0.05, 0) is 34.0 Å². The van der Waals surface area contributed by atoms with Crippen molar-refractivity contribution in [3.05, 3.63) is 64.4 Å². The highest BCUT2D eigenvalue weighted by Gasteiger charge is 2.21. The van der Waals surface area contributed by atoms with E-state index in [4.69, 9.17) is 4.74 Å². The Morgan fingerprint density at radius 2 is 1.96 bits per heavy atom. The third-order valence-corrected chi connectivity index (χ3v) is 4.06. The van der Waals surface area contributed by atoms with E-state index in [1.807, 2.05) is 30.3 Å². The van der Waals surface area contributed by atoms with Crippen molar-refractivity contribution in [2.24, 2.45) is 0 Å². The Balaban J connectivity index is 1.71. The van der Waals surface area contributed by atoms with Gasteiger partial charge in [-0.25, -0.2) is 9.78 Å². The third kappa shape index (κ3) is 5.59. The molecule has 0 saturated heterocycles. The average Bonchev–Trinajstić information content (AvgIpc) is 2.60. The first-order valence-electron chi connectivity index (χ1n) is 7.49. The molecular weight excluding hydrogens is 376 g/mol. The van der Waals surface area contributed by atoms with Crippen molar-refractivity contribution in [3.63, 3.8) is 0 Å². The molecule has 0 aliphatic heterocycles. The van der Waals surface area contributed by atoms with Gasteiger partial charge in [0.1, 0.15) is 17.3 Å². The lowest BCUT2D eigenvalue weighted by Gasteiger charge is -2.19. The van der Waals surface area contributed by atoms with Gasteiger partial charge in [0.15, 0.2) is 0 Å². The molecule has 128 valence electrons. The summed E-state index contributed by atoms with van der Waals surface area (Å²) in [5, 5.41) is 22.7. The van der Waals surface area contributed by atoms with Gasteiger partial charge in [-0.2, -0.15) is 0 Å². The molecule has 2 rings (SSSR count). The second-order valence-corrected chi connectivity index (χ2v) is 5.92. The molecule has 2 unspecified atom stereocenters. The summed E-state index contributed by atoms with van der Waals surface area (Å²) in [7, 11) is 0. The van der Waals surface area contributed by atoms with Crippen molar-refractivity contribution >= 4 is 22.0 Å². The van der Waals surface area contributed by atoms with Gasteiger partial charge in [0.2, 0.25) is 0 Å². The molecule has 0 spiro atoms. The van der Waals surface area contributed by atoms with Crippen molar-refractivity contribution in [1.82, 2.24) is 10.3 Å². The minimum absolute atomic E-state index is 0.181. The van der Waals surface area contributed by atoms with Crippen LogP contribution in [0.4, 0.5) is 4.79 Å². The molecule has 0 saturated carbocycles. The molecule has 6 nitrogen and oxygen atoms in total. The molecular formula is C17H19BrN2O4. The molecule has 2 aromatic rings. The number of rotatable bonds is 7. The Hall–Kier alpha value is -1.96. The van der Waals surface area contributed by atoms with Crippen LogP contribution in [0, 0.1) is 0 Å². The molecule has 1 heterocycles. The number of nitrogens with one attached hydrogen (secondary N) is 1. The SMILES string of the molecule is O=C(NCCC(O)C(O)c1cccnc1Br)OCc1ccccc1. The average molecular weight is 395 g/mol. The second-order valence-electron chi connectivity index (χ2n) is 5.17. The molecule has 1 amide bonds. The largest absolute Gasteiger partial charge is 0.445 e. The van der Waals surface area contributed by atoms with E-state index in [1.165, 1.54) is 0 Å².